The number of halogens is 1. The molecule has 2 heterocycles. The van der Waals surface area contributed by atoms with Crippen molar-refractivity contribution in [3.05, 3.63) is 47.5 Å². The number of hydrogen-bond acceptors (Lipinski definition) is 3. The van der Waals surface area contributed by atoms with Crippen molar-refractivity contribution in [3.8, 4) is 0 Å². The Kier molecular flexibility index (Phi) is 4.85. The molecule has 126 valence electrons. The van der Waals surface area contributed by atoms with Gasteiger partial charge in [-0.1, -0.05) is 11.6 Å². The molecular weight excluding hydrogens is 328 g/mol. The average Bonchev–Trinajstić information content (AvgIpc) is 3.19. The highest BCUT2D eigenvalue weighted by Crippen LogP contribution is 2.30. The number of imidazole rings is 1. The van der Waals surface area contributed by atoms with Crippen LogP contribution in [0.25, 0.3) is 0 Å². The third-order valence-electron chi connectivity index (χ3n) is 3.99. The first-order valence-corrected chi connectivity index (χ1v) is 8.29. The molecule has 24 heavy (non-hydrogen) atoms. The summed E-state index contributed by atoms with van der Waals surface area (Å²) in [6.07, 6.45) is 6.60. The van der Waals surface area contributed by atoms with E-state index in [0.29, 0.717) is 35.8 Å². The van der Waals surface area contributed by atoms with Gasteiger partial charge in [-0.3, -0.25) is 9.59 Å². The number of carbonyl (C=O) groups is 2. The largest absolute Gasteiger partial charge is 0.348 e. The fourth-order valence-electron chi connectivity index (χ4n) is 2.83. The molecule has 1 saturated heterocycles. The van der Waals surface area contributed by atoms with E-state index < -0.39 is 0 Å². The summed E-state index contributed by atoms with van der Waals surface area (Å²) in [4.78, 5) is 30.0. The molecular formula is C17H19ClN4O2. The smallest absolute Gasteiger partial charge is 0.251 e. The molecule has 1 fully saturated rings. The van der Waals surface area contributed by atoms with Crippen molar-refractivity contribution in [2.24, 2.45) is 0 Å². The summed E-state index contributed by atoms with van der Waals surface area (Å²) in [5, 5.41) is 3.43. The molecule has 7 heteroatoms. The van der Waals surface area contributed by atoms with Crippen molar-refractivity contribution in [1.29, 1.82) is 0 Å². The molecule has 1 aliphatic heterocycles. The van der Waals surface area contributed by atoms with Gasteiger partial charge in [0.2, 0.25) is 5.91 Å². The van der Waals surface area contributed by atoms with Gasteiger partial charge in [0.1, 0.15) is 0 Å². The van der Waals surface area contributed by atoms with E-state index >= 15 is 0 Å². The molecule has 1 aromatic carbocycles. The van der Waals surface area contributed by atoms with Crippen molar-refractivity contribution < 1.29 is 9.59 Å². The second kappa shape index (κ2) is 7.05. The minimum Gasteiger partial charge on any atom is -0.348 e. The molecule has 1 aromatic heterocycles. The second-order valence-corrected chi connectivity index (χ2v) is 6.36. The lowest BCUT2D eigenvalue weighted by Gasteiger charge is -2.19. The zero-order valence-electron chi connectivity index (χ0n) is 13.4. The predicted octanol–water partition coefficient (Wildman–Crippen LogP) is 2.48. The van der Waals surface area contributed by atoms with Gasteiger partial charge in [0.15, 0.2) is 0 Å². The molecule has 0 bridgehead atoms. The quantitative estimate of drug-likeness (QED) is 0.904. The van der Waals surface area contributed by atoms with E-state index in [1.165, 1.54) is 0 Å². The summed E-state index contributed by atoms with van der Waals surface area (Å²) in [6, 6.07) is 4.97. The van der Waals surface area contributed by atoms with E-state index in [4.69, 9.17) is 11.6 Å². The summed E-state index contributed by atoms with van der Waals surface area (Å²) in [7, 11) is 0. The SMILES string of the molecule is CC(Cn1ccnc1)NC(=O)c1ccc(Cl)c(N2CCCC2=O)c1. The van der Waals surface area contributed by atoms with Crippen LogP contribution in [0.4, 0.5) is 5.69 Å². The average molecular weight is 347 g/mol. The Morgan fingerprint density at radius 3 is 2.96 bits per heavy atom. The van der Waals surface area contributed by atoms with E-state index in [1.807, 2.05) is 17.7 Å². The predicted molar refractivity (Wildman–Crippen MR) is 92.2 cm³/mol. The Morgan fingerprint density at radius 2 is 2.29 bits per heavy atom. The van der Waals surface area contributed by atoms with E-state index in [0.717, 1.165) is 6.42 Å². The van der Waals surface area contributed by atoms with Crippen molar-refractivity contribution in [2.75, 3.05) is 11.4 Å². The van der Waals surface area contributed by atoms with Gasteiger partial charge in [-0.05, 0) is 31.5 Å². The lowest BCUT2D eigenvalue weighted by Crippen LogP contribution is -2.35. The van der Waals surface area contributed by atoms with Gasteiger partial charge in [0.05, 0.1) is 17.0 Å². The first kappa shape index (κ1) is 16.5. The van der Waals surface area contributed by atoms with Crippen molar-refractivity contribution in [1.82, 2.24) is 14.9 Å². The summed E-state index contributed by atoms with van der Waals surface area (Å²) < 4.78 is 1.90. The van der Waals surface area contributed by atoms with Crippen molar-refractivity contribution in [2.45, 2.75) is 32.4 Å². The first-order valence-electron chi connectivity index (χ1n) is 7.91. The number of carbonyl (C=O) groups excluding carboxylic acids is 2. The molecule has 0 radical (unpaired) electrons. The standard InChI is InChI=1S/C17H19ClN4O2/c1-12(10-21-8-6-19-11-21)20-17(24)13-4-5-14(18)15(9-13)22-7-2-3-16(22)23/h4-6,8-9,11-12H,2-3,7,10H2,1H3,(H,20,24). The van der Waals surface area contributed by atoms with Gasteiger partial charge in [-0.25, -0.2) is 4.98 Å². The van der Waals surface area contributed by atoms with E-state index in [9.17, 15) is 9.59 Å². The molecule has 0 spiro atoms. The lowest BCUT2D eigenvalue weighted by molar-refractivity contribution is -0.117. The van der Waals surface area contributed by atoms with Gasteiger partial charge in [-0.15, -0.1) is 0 Å². The fraction of sp³-hybridized carbons (Fsp3) is 0.353. The zero-order chi connectivity index (χ0) is 17.1. The topological polar surface area (TPSA) is 67.2 Å². The van der Waals surface area contributed by atoms with Crippen LogP contribution in [0.15, 0.2) is 36.9 Å². The van der Waals surface area contributed by atoms with Crippen LogP contribution >= 0.6 is 11.6 Å². The number of rotatable bonds is 5. The van der Waals surface area contributed by atoms with Crippen LogP contribution in [-0.4, -0.2) is 34.0 Å². The van der Waals surface area contributed by atoms with Gasteiger partial charge in [-0.2, -0.15) is 0 Å². The minimum atomic E-state index is -0.188. The highest BCUT2D eigenvalue weighted by atomic mass is 35.5. The molecule has 3 rings (SSSR count). The number of hydrogen-bond donors (Lipinski definition) is 1. The number of aromatic nitrogens is 2. The zero-order valence-corrected chi connectivity index (χ0v) is 14.2. The highest BCUT2D eigenvalue weighted by molar-refractivity contribution is 6.34. The Hall–Kier alpha value is -2.34. The van der Waals surface area contributed by atoms with Crippen LogP contribution in [0.1, 0.15) is 30.1 Å². The van der Waals surface area contributed by atoms with E-state index in [2.05, 4.69) is 10.3 Å². The maximum absolute atomic E-state index is 12.5. The molecule has 1 aliphatic rings. The maximum atomic E-state index is 12.5. The molecule has 1 atom stereocenters. The minimum absolute atomic E-state index is 0.0444. The van der Waals surface area contributed by atoms with Crippen LogP contribution in [0.3, 0.4) is 0 Å². The third kappa shape index (κ3) is 3.59. The Morgan fingerprint density at radius 1 is 1.46 bits per heavy atom. The third-order valence-corrected chi connectivity index (χ3v) is 4.31. The van der Waals surface area contributed by atoms with Gasteiger partial charge in [0, 0.05) is 43.5 Å². The van der Waals surface area contributed by atoms with Crippen LogP contribution < -0.4 is 10.2 Å². The van der Waals surface area contributed by atoms with Crippen molar-refractivity contribution >= 4 is 29.1 Å². The molecule has 0 aliphatic carbocycles. The molecule has 6 nitrogen and oxygen atoms in total. The second-order valence-electron chi connectivity index (χ2n) is 5.95. The summed E-state index contributed by atoms with van der Waals surface area (Å²) in [6.45, 7) is 3.20. The van der Waals surface area contributed by atoms with Gasteiger partial charge in [0.25, 0.3) is 5.91 Å². The molecule has 2 amide bonds. The summed E-state index contributed by atoms with van der Waals surface area (Å²) in [5.74, 6) is -0.143. The first-order chi connectivity index (χ1) is 11.5. The van der Waals surface area contributed by atoms with Crippen LogP contribution in [0.2, 0.25) is 5.02 Å². The Balaban J connectivity index is 1.71. The fourth-order valence-corrected chi connectivity index (χ4v) is 3.05. The van der Waals surface area contributed by atoms with E-state index in [-0.39, 0.29) is 17.9 Å². The molecule has 0 saturated carbocycles. The van der Waals surface area contributed by atoms with Gasteiger partial charge < -0.3 is 14.8 Å². The van der Waals surface area contributed by atoms with Crippen LogP contribution in [-0.2, 0) is 11.3 Å². The van der Waals surface area contributed by atoms with E-state index in [1.54, 1.807) is 35.6 Å². The molecule has 1 unspecified atom stereocenters. The Bertz CT molecular complexity index is 745. The normalized spacial score (nSPS) is 15.6. The molecule has 2 aromatic rings. The summed E-state index contributed by atoms with van der Waals surface area (Å²) >= 11 is 6.21. The molecule has 1 N–H and O–H groups in total. The van der Waals surface area contributed by atoms with Crippen LogP contribution in [0.5, 0.6) is 0 Å². The van der Waals surface area contributed by atoms with Crippen molar-refractivity contribution in [3.63, 3.8) is 0 Å². The van der Waals surface area contributed by atoms with Crippen LogP contribution in [0, 0.1) is 0 Å². The number of benzene rings is 1. The van der Waals surface area contributed by atoms with Gasteiger partial charge >= 0.3 is 0 Å². The lowest BCUT2D eigenvalue weighted by atomic mass is 10.1. The maximum Gasteiger partial charge on any atom is 0.251 e. The number of nitrogens with zero attached hydrogens (tertiary/aromatic N) is 3. The summed E-state index contributed by atoms with van der Waals surface area (Å²) in [5.41, 5.74) is 1.10. The highest BCUT2D eigenvalue weighted by Gasteiger charge is 2.24. The Labute approximate surface area is 145 Å². The number of nitrogens with one attached hydrogen (secondary N) is 1. The number of amides is 2. The number of anilines is 1. The monoisotopic (exact) mass is 346 g/mol.